The molecule has 4 aromatic carbocycles. The number of aryl methyl sites for hydroxylation is 1. The molecule has 0 aliphatic rings. The fourth-order valence-electron chi connectivity index (χ4n) is 4.93. The zero-order valence-electron chi connectivity index (χ0n) is 25.1. The monoisotopic (exact) mass is 644 g/mol. The van der Waals surface area contributed by atoms with E-state index >= 15 is 0 Å². The lowest BCUT2D eigenvalue weighted by Gasteiger charge is -2.18. The predicted molar refractivity (Wildman–Crippen MR) is 178 cm³/mol. The summed E-state index contributed by atoms with van der Waals surface area (Å²) in [7, 11) is 0. The maximum absolute atomic E-state index is 13.9. The molecule has 45 heavy (non-hydrogen) atoms. The Morgan fingerprint density at radius 1 is 1.04 bits per heavy atom. The van der Waals surface area contributed by atoms with Crippen molar-refractivity contribution in [3.63, 3.8) is 0 Å². The summed E-state index contributed by atoms with van der Waals surface area (Å²) in [6, 6.07) is 20.3. The molecular formula is C34H30Cl2N4O5. The number of nitro groups is 1. The van der Waals surface area contributed by atoms with Crippen molar-refractivity contribution in [1.29, 1.82) is 0 Å². The topological polar surface area (TPSA) is 109 Å². The molecule has 0 aliphatic carbocycles. The number of nitrogens with zero attached hydrogens (tertiary/aromatic N) is 4. The van der Waals surface area contributed by atoms with Gasteiger partial charge in [0.1, 0.15) is 12.4 Å². The van der Waals surface area contributed by atoms with Crippen molar-refractivity contribution in [1.82, 2.24) is 9.66 Å². The number of hydrogen-bond acceptors (Lipinski definition) is 7. The first kappa shape index (κ1) is 31.7. The Balaban J connectivity index is 1.67. The van der Waals surface area contributed by atoms with Gasteiger partial charge in [-0.25, -0.2) is 4.98 Å². The lowest BCUT2D eigenvalue weighted by Crippen LogP contribution is -2.21. The summed E-state index contributed by atoms with van der Waals surface area (Å²) >= 11 is 12.3. The van der Waals surface area contributed by atoms with E-state index in [1.54, 1.807) is 42.5 Å². The number of rotatable bonds is 10. The minimum absolute atomic E-state index is 0.0278. The number of halogens is 2. The van der Waals surface area contributed by atoms with Crippen LogP contribution in [0.15, 0.2) is 82.7 Å². The molecule has 0 bridgehead atoms. The molecule has 0 spiro atoms. The zero-order chi connectivity index (χ0) is 32.2. The summed E-state index contributed by atoms with van der Waals surface area (Å²) in [4.78, 5) is 30.2. The van der Waals surface area contributed by atoms with Crippen LogP contribution in [0.3, 0.4) is 0 Å². The standard InChI is InChI=1S/C34H30Cl2N4O5/c1-5-44-31-15-21(4)27(17-26(31)20(2)3)33-38-29-11-7-6-10-25(29)34(41)39(33)37-18-22-9-8-12-30(40(42)43)32(22)45-19-23-13-14-24(35)16-28(23)36/h6-18,20H,5,19H2,1-4H3. The maximum atomic E-state index is 13.9. The van der Waals surface area contributed by atoms with E-state index in [9.17, 15) is 14.9 Å². The Kier molecular flexibility index (Phi) is 9.51. The zero-order valence-corrected chi connectivity index (χ0v) is 26.6. The van der Waals surface area contributed by atoms with Gasteiger partial charge in [0.15, 0.2) is 5.82 Å². The average Bonchev–Trinajstić information content (AvgIpc) is 3.00. The second-order valence-corrected chi connectivity index (χ2v) is 11.4. The van der Waals surface area contributed by atoms with E-state index in [-0.39, 0.29) is 29.5 Å². The highest BCUT2D eigenvalue weighted by Crippen LogP contribution is 2.35. The van der Waals surface area contributed by atoms with Gasteiger partial charge in [0, 0.05) is 32.8 Å². The molecular weight excluding hydrogens is 615 g/mol. The van der Waals surface area contributed by atoms with Crippen LogP contribution in [0.25, 0.3) is 22.3 Å². The Hall–Kier alpha value is -4.73. The van der Waals surface area contributed by atoms with Crippen molar-refractivity contribution in [3.8, 4) is 22.9 Å². The van der Waals surface area contributed by atoms with Crippen LogP contribution in [0, 0.1) is 17.0 Å². The van der Waals surface area contributed by atoms with Crippen LogP contribution in [-0.2, 0) is 6.61 Å². The summed E-state index contributed by atoms with van der Waals surface area (Å²) in [6.45, 7) is 8.44. The fourth-order valence-corrected chi connectivity index (χ4v) is 5.39. The van der Waals surface area contributed by atoms with Crippen LogP contribution in [0.1, 0.15) is 48.9 Å². The van der Waals surface area contributed by atoms with Gasteiger partial charge in [0.05, 0.1) is 28.6 Å². The van der Waals surface area contributed by atoms with Gasteiger partial charge in [-0.2, -0.15) is 9.78 Å². The highest BCUT2D eigenvalue weighted by molar-refractivity contribution is 6.35. The third-order valence-electron chi connectivity index (χ3n) is 7.19. The quantitative estimate of drug-likeness (QED) is 0.0855. The number of hydrogen-bond donors (Lipinski definition) is 0. The van der Waals surface area contributed by atoms with Gasteiger partial charge >= 0.3 is 5.69 Å². The molecule has 0 atom stereocenters. The average molecular weight is 646 g/mol. The summed E-state index contributed by atoms with van der Waals surface area (Å²) in [5.41, 5.74) is 3.23. The molecule has 0 aliphatic heterocycles. The number of ether oxygens (including phenoxy) is 2. The lowest BCUT2D eigenvalue weighted by molar-refractivity contribution is -0.385. The number of nitro benzene ring substituents is 1. The van der Waals surface area contributed by atoms with Gasteiger partial charge in [0.25, 0.3) is 5.56 Å². The van der Waals surface area contributed by atoms with Gasteiger partial charge in [0.2, 0.25) is 5.75 Å². The Morgan fingerprint density at radius 2 is 1.82 bits per heavy atom. The van der Waals surface area contributed by atoms with Gasteiger partial charge in [-0.15, -0.1) is 0 Å². The number of benzene rings is 4. The van der Waals surface area contributed by atoms with Gasteiger partial charge < -0.3 is 9.47 Å². The summed E-state index contributed by atoms with van der Waals surface area (Å²) < 4.78 is 13.1. The Labute approximate surface area is 269 Å². The highest BCUT2D eigenvalue weighted by Gasteiger charge is 2.21. The summed E-state index contributed by atoms with van der Waals surface area (Å²) in [6.07, 6.45) is 1.36. The number of para-hydroxylation sites is 2. The molecule has 1 heterocycles. The molecule has 9 nitrogen and oxygen atoms in total. The molecule has 0 saturated carbocycles. The van der Waals surface area contributed by atoms with Crippen molar-refractivity contribution in [3.05, 3.63) is 126 Å². The minimum Gasteiger partial charge on any atom is -0.494 e. The van der Waals surface area contributed by atoms with Gasteiger partial charge in [-0.3, -0.25) is 14.9 Å². The maximum Gasteiger partial charge on any atom is 0.311 e. The van der Waals surface area contributed by atoms with E-state index < -0.39 is 10.5 Å². The first-order valence-corrected chi connectivity index (χ1v) is 15.0. The smallest absolute Gasteiger partial charge is 0.311 e. The van der Waals surface area contributed by atoms with Crippen LogP contribution >= 0.6 is 23.2 Å². The van der Waals surface area contributed by atoms with E-state index in [4.69, 9.17) is 37.7 Å². The molecule has 5 rings (SSSR count). The van der Waals surface area contributed by atoms with E-state index in [1.165, 1.54) is 23.0 Å². The summed E-state index contributed by atoms with van der Waals surface area (Å²) in [5.74, 6) is 1.19. The number of aromatic nitrogens is 2. The van der Waals surface area contributed by atoms with Crippen LogP contribution < -0.4 is 15.0 Å². The molecule has 5 aromatic rings. The van der Waals surface area contributed by atoms with Crippen molar-refractivity contribution in [2.45, 2.75) is 40.2 Å². The van der Waals surface area contributed by atoms with Crippen molar-refractivity contribution < 1.29 is 14.4 Å². The molecule has 0 amide bonds. The first-order chi connectivity index (χ1) is 21.6. The highest BCUT2D eigenvalue weighted by atomic mass is 35.5. The van der Waals surface area contributed by atoms with Crippen LogP contribution in [0.4, 0.5) is 5.69 Å². The number of fused-ring (bicyclic) bond motifs is 1. The molecule has 0 unspecified atom stereocenters. The molecule has 1 aromatic heterocycles. The molecule has 0 N–H and O–H groups in total. The largest absolute Gasteiger partial charge is 0.494 e. The van der Waals surface area contributed by atoms with Crippen LogP contribution in [0.2, 0.25) is 10.0 Å². The van der Waals surface area contributed by atoms with Gasteiger partial charge in [-0.1, -0.05) is 61.3 Å². The Bertz CT molecular complexity index is 2010. The molecule has 230 valence electrons. The normalized spacial score (nSPS) is 11.4. The fraction of sp³-hybridized carbons (Fsp3) is 0.206. The molecule has 11 heteroatoms. The lowest BCUT2D eigenvalue weighted by atomic mass is 9.96. The molecule has 0 radical (unpaired) electrons. The van der Waals surface area contributed by atoms with E-state index in [0.717, 1.165) is 16.9 Å². The van der Waals surface area contributed by atoms with E-state index in [2.05, 4.69) is 18.9 Å². The van der Waals surface area contributed by atoms with Crippen molar-refractivity contribution in [2.24, 2.45) is 5.10 Å². The van der Waals surface area contributed by atoms with E-state index in [1.807, 2.05) is 32.0 Å². The third kappa shape index (κ3) is 6.69. The second-order valence-electron chi connectivity index (χ2n) is 10.6. The van der Waals surface area contributed by atoms with Crippen LogP contribution in [-0.4, -0.2) is 27.4 Å². The second kappa shape index (κ2) is 13.5. The minimum atomic E-state index is -0.540. The SMILES string of the molecule is CCOc1cc(C)c(-c2nc3ccccc3c(=O)n2N=Cc2cccc([N+](=O)[O-])c2OCc2ccc(Cl)cc2Cl)cc1C(C)C. The van der Waals surface area contributed by atoms with Crippen LogP contribution in [0.5, 0.6) is 11.5 Å². The molecule has 0 fully saturated rings. The van der Waals surface area contributed by atoms with Crippen molar-refractivity contribution >= 4 is 46.0 Å². The predicted octanol–water partition coefficient (Wildman–Crippen LogP) is 8.57. The van der Waals surface area contributed by atoms with E-state index in [0.29, 0.717) is 44.5 Å². The van der Waals surface area contributed by atoms with Gasteiger partial charge in [-0.05, 0) is 73.4 Å². The Morgan fingerprint density at radius 3 is 2.53 bits per heavy atom. The third-order valence-corrected chi connectivity index (χ3v) is 7.78. The van der Waals surface area contributed by atoms with Crippen molar-refractivity contribution in [2.75, 3.05) is 6.61 Å². The first-order valence-electron chi connectivity index (χ1n) is 14.3. The molecule has 0 saturated heterocycles. The summed E-state index contributed by atoms with van der Waals surface area (Å²) in [5, 5.41) is 17.7.